The molecule has 1 aromatic rings. The van der Waals surface area contributed by atoms with Crippen LogP contribution in [0.25, 0.3) is 0 Å². The number of rotatable bonds is 8. The van der Waals surface area contributed by atoms with E-state index in [9.17, 15) is 9.59 Å². The molecule has 1 aromatic carbocycles. The Bertz CT molecular complexity index is 452. The molecule has 0 fully saturated rings. The van der Waals surface area contributed by atoms with Gasteiger partial charge in [0.05, 0.1) is 11.9 Å². The average molecular weight is 318 g/mol. The summed E-state index contributed by atoms with van der Waals surface area (Å²) < 4.78 is 4.82. The van der Waals surface area contributed by atoms with Crippen molar-refractivity contribution in [2.45, 2.75) is 17.1 Å². The van der Waals surface area contributed by atoms with Crippen molar-refractivity contribution in [3.8, 4) is 0 Å². The van der Waals surface area contributed by atoms with E-state index in [2.05, 4.69) is 5.32 Å². The molecule has 0 aromatic heterocycles. The summed E-state index contributed by atoms with van der Waals surface area (Å²) in [5, 5.41) is 11.5. The van der Waals surface area contributed by atoms with Crippen LogP contribution in [0.4, 0.5) is 0 Å². The minimum Gasteiger partial charge on any atom is -0.480 e. The lowest BCUT2D eigenvalue weighted by Crippen LogP contribution is -2.33. The first-order chi connectivity index (χ1) is 9.49. The van der Waals surface area contributed by atoms with Crippen molar-refractivity contribution in [1.82, 2.24) is 5.32 Å². The number of carboxylic acids is 1. The second-order valence-electron chi connectivity index (χ2n) is 3.95. The zero-order chi connectivity index (χ0) is 15.0. The van der Waals surface area contributed by atoms with E-state index in [-0.39, 0.29) is 30.9 Å². The van der Waals surface area contributed by atoms with E-state index in [1.165, 1.54) is 11.8 Å². The zero-order valence-electron chi connectivity index (χ0n) is 11.0. The Morgan fingerprint density at radius 2 is 2.05 bits per heavy atom. The summed E-state index contributed by atoms with van der Waals surface area (Å²) in [6.07, 6.45) is 0. The highest BCUT2D eigenvalue weighted by Crippen LogP contribution is 2.24. The number of amides is 1. The van der Waals surface area contributed by atoms with Gasteiger partial charge in [0.2, 0.25) is 5.91 Å². The summed E-state index contributed by atoms with van der Waals surface area (Å²) in [7, 11) is 0. The van der Waals surface area contributed by atoms with Crippen molar-refractivity contribution in [2.24, 2.45) is 0 Å². The van der Waals surface area contributed by atoms with Gasteiger partial charge in [0.1, 0.15) is 6.61 Å². The molecule has 1 rings (SSSR count). The fraction of sp³-hybridized carbons (Fsp3) is 0.385. The average Bonchev–Trinajstić information content (AvgIpc) is 2.40. The van der Waals surface area contributed by atoms with Crippen LogP contribution in [-0.2, 0) is 14.3 Å². The van der Waals surface area contributed by atoms with Crippen LogP contribution in [0.5, 0.6) is 0 Å². The second kappa shape index (κ2) is 8.84. The van der Waals surface area contributed by atoms with E-state index in [4.69, 9.17) is 21.4 Å². The number of thioether (sulfide) groups is 1. The Balaban J connectivity index is 2.25. The van der Waals surface area contributed by atoms with Crippen LogP contribution < -0.4 is 5.32 Å². The van der Waals surface area contributed by atoms with Gasteiger partial charge in [-0.2, -0.15) is 0 Å². The maximum Gasteiger partial charge on any atom is 0.329 e. The topological polar surface area (TPSA) is 75.6 Å². The summed E-state index contributed by atoms with van der Waals surface area (Å²) >= 11 is 7.21. The van der Waals surface area contributed by atoms with Crippen molar-refractivity contribution in [1.29, 1.82) is 0 Å². The van der Waals surface area contributed by atoms with Gasteiger partial charge in [-0.25, -0.2) is 4.79 Å². The molecule has 0 aliphatic rings. The second-order valence-corrected chi connectivity index (χ2v) is 5.80. The first-order valence-electron chi connectivity index (χ1n) is 5.98. The molecule has 5 nitrogen and oxygen atoms in total. The molecule has 20 heavy (non-hydrogen) atoms. The third-order valence-electron chi connectivity index (χ3n) is 2.27. The SMILES string of the molecule is CC(Sc1ccc(Cl)cc1)C(=O)NCCOCC(=O)O. The summed E-state index contributed by atoms with van der Waals surface area (Å²) in [6.45, 7) is 1.91. The van der Waals surface area contributed by atoms with Crippen LogP contribution in [0.3, 0.4) is 0 Å². The molecular formula is C13H16ClNO4S. The highest BCUT2D eigenvalue weighted by molar-refractivity contribution is 8.00. The number of nitrogens with one attached hydrogen (secondary N) is 1. The number of hydrogen-bond acceptors (Lipinski definition) is 4. The van der Waals surface area contributed by atoms with E-state index in [0.29, 0.717) is 5.02 Å². The lowest BCUT2D eigenvalue weighted by atomic mass is 10.4. The predicted octanol–water partition coefficient (Wildman–Crippen LogP) is 2.04. The molecule has 2 N–H and O–H groups in total. The Morgan fingerprint density at radius 3 is 2.65 bits per heavy atom. The van der Waals surface area contributed by atoms with Crippen molar-refractivity contribution in [3.63, 3.8) is 0 Å². The highest BCUT2D eigenvalue weighted by atomic mass is 35.5. The molecule has 0 aliphatic heterocycles. The molecule has 0 saturated heterocycles. The molecule has 0 saturated carbocycles. The molecule has 1 unspecified atom stereocenters. The lowest BCUT2D eigenvalue weighted by Gasteiger charge is -2.12. The fourth-order valence-electron chi connectivity index (χ4n) is 1.32. The Morgan fingerprint density at radius 1 is 1.40 bits per heavy atom. The van der Waals surface area contributed by atoms with Gasteiger partial charge < -0.3 is 15.2 Å². The first-order valence-corrected chi connectivity index (χ1v) is 7.24. The summed E-state index contributed by atoms with van der Waals surface area (Å²) in [4.78, 5) is 22.9. The monoisotopic (exact) mass is 317 g/mol. The van der Waals surface area contributed by atoms with E-state index in [1.54, 1.807) is 19.1 Å². The minimum absolute atomic E-state index is 0.121. The Kier molecular flexibility index (Phi) is 7.43. The minimum atomic E-state index is -1.03. The molecule has 0 heterocycles. The van der Waals surface area contributed by atoms with Gasteiger partial charge in [-0.3, -0.25) is 4.79 Å². The summed E-state index contributed by atoms with van der Waals surface area (Å²) in [5.74, 6) is -1.15. The molecule has 0 bridgehead atoms. The highest BCUT2D eigenvalue weighted by Gasteiger charge is 2.13. The van der Waals surface area contributed by atoms with E-state index in [0.717, 1.165) is 4.90 Å². The Hall–Kier alpha value is -1.24. The third-order valence-corrected chi connectivity index (χ3v) is 3.63. The van der Waals surface area contributed by atoms with Crippen LogP contribution in [0.1, 0.15) is 6.92 Å². The smallest absolute Gasteiger partial charge is 0.329 e. The molecule has 0 aliphatic carbocycles. The number of hydrogen-bond donors (Lipinski definition) is 2. The predicted molar refractivity (Wildman–Crippen MR) is 78.2 cm³/mol. The fourth-order valence-corrected chi connectivity index (χ4v) is 2.34. The molecule has 0 radical (unpaired) electrons. The van der Waals surface area contributed by atoms with Crippen molar-refractivity contribution < 1.29 is 19.4 Å². The van der Waals surface area contributed by atoms with Crippen LogP contribution in [-0.4, -0.2) is 42.0 Å². The quantitative estimate of drug-likeness (QED) is 0.567. The van der Waals surface area contributed by atoms with E-state index >= 15 is 0 Å². The van der Waals surface area contributed by atoms with Gasteiger partial charge in [0.15, 0.2) is 0 Å². The number of halogens is 1. The third kappa shape index (κ3) is 6.79. The summed E-state index contributed by atoms with van der Waals surface area (Å²) in [6, 6.07) is 7.25. The van der Waals surface area contributed by atoms with Gasteiger partial charge in [0, 0.05) is 16.5 Å². The lowest BCUT2D eigenvalue weighted by molar-refractivity contribution is -0.142. The van der Waals surface area contributed by atoms with Gasteiger partial charge in [-0.05, 0) is 31.2 Å². The number of carbonyl (C=O) groups is 2. The van der Waals surface area contributed by atoms with Crippen molar-refractivity contribution in [3.05, 3.63) is 29.3 Å². The molecule has 1 amide bonds. The normalized spacial score (nSPS) is 11.9. The molecule has 0 spiro atoms. The first kappa shape index (κ1) is 16.8. The number of carboxylic acid groups (broad SMARTS) is 1. The van der Waals surface area contributed by atoms with Crippen LogP contribution in [0, 0.1) is 0 Å². The van der Waals surface area contributed by atoms with Gasteiger partial charge >= 0.3 is 5.97 Å². The molecule has 7 heteroatoms. The van der Waals surface area contributed by atoms with Gasteiger partial charge in [-0.15, -0.1) is 11.8 Å². The number of ether oxygens (including phenoxy) is 1. The number of carbonyl (C=O) groups excluding carboxylic acids is 1. The Labute approximate surface area is 126 Å². The van der Waals surface area contributed by atoms with Crippen LogP contribution in [0.15, 0.2) is 29.2 Å². The zero-order valence-corrected chi connectivity index (χ0v) is 12.5. The molecule has 1 atom stereocenters. The molecule has 110 valence electrons. The van der Waals surface area contributed by atoms with E-state index < -0.39 is 5.97 Å². The summed E-state index contributed by atoms with van der Waals surface area (Å²) in [5.41, 5.74) is 0. The standard InChI is InChI=1S/C13H16ClNO4S/c1-9(20-11-4-2-10(14)3-5-11)13(18)15-6-7-19-8-12(16)17/h2-5,9H,6-8H2,1H3,(H,15,18)(H,16,17). The molecular weight excluding hydrogens is 302 g/mol. The van der Waals surface area contributed by atoms with Crippen molar-refractivity contribution in [2.75, 3.05) is 19.8 Å². The van der Waals surface area contributed by atoms with Crippen molar-refractivity contribution >= 4 is 35.2 Å². The number of aliphatic carboxylic acids is 1. The van der Waals surface area contributed by atoms with Crippen LogP contribution >= 0.6 is 23.4 Å². The van der Waals surface area contributed by atoms with Gasteiger partial charge in [0.25, 0.3) is 0 Å². The maximum absolute atomic E-state index is 11.8. The van der Waals surface area contributed by atoms with Gasteiger partial charge in [-0.1, -0.05) is 11.6 Å². The number of benzene rings is 1. The van der Waals surface area contributed by atoms with E-state index in [1.807, 2.05) is 12.1 Å². The maximum atomic E-state index is 11.8. The largest absolute Gasteiger partial charge is 0.480 e. The van der Waals surface area contributed by atoms with Crippen LogP contribution in [0.2, 0.25) is 5.02 Å².